The zero-order chi connectivity index (χ0) is 9.03. The van der Waals surface area contributed by atoms with Gasteiger partial charge in [0.05, 0.1) is 0 Å². The first-order valence-electron chi connectivity index (χ1n) is 3.34. The van der Waals surface area contributed by atoms with E-state index in [-0.39, 0.29) is 0 Å². The smallest absolute Gasteiger partial charge is 0.329 e. The van der Waals surface area contributed by atoms with Gasteiger partial charge in [-0.25, -0.2) is 0 Å². The molecule has 0 unspecified atom stereocenters. The number of rotatable bonds is 2. The molecule has 0 spiro atoms. The molecular weight excluding hydrogens is 195 g/mol. The SMILES string of the molecule is C[SH]=P(O)(O)Oc1ccccc1. The third-order valence-electron chi connectivity index (χ3n) is 1.23. The Balaban J connectivity index is 2.78. The molecule has 0 fully saturated rings. The van der Waals surface area contributed by atoms with E-state index >= 15 is 0 Å². The standard InChI is InChI=1S/C7H11O3PS/c1-12-11(8,9)10-7-5-3-2-4-6-7/h2-6,8-9,12H,1H3. The van der Waals surface area contributed by atoms with Gasteiger partial charge < -0.3 is 14.3 Å². The zero-order valence-electron chi connectivity index (χ0n) is 6.58. The summed E-state index contributed by atoms with van der Waals surface area (Å²) in [7, 11) is 0.466. The Morgan fingerprint density at radius 1 is 1.25 bits per heavy atom. The molecule has 5 heteroatoms. The molecule has 0 saturated heterocycles. The van der Waals surface area contributed by atoms with Gasteiger partial charge in [0.1, 0.15) is 5.75 Å². The van der Waals surface area contributed by atoms with Crippen molar-refractivity contribution in [3.8, 4) is 5.75 Å². The molecule has 12 heavy (non-hydrogen) atoms. The van der Waals surface area contributed by atoms with Gasteiger partial charge in [-0.05, 0) is 18.4 Å². The van der Waals surface area contributed by atoms with E-state index in [2.05, 4.69) is 0 Å². The summed E-state index contributed by atoms with van der Waals surface area (Å²) in [5, 5.41) is 0. The minimum atomic E-state index is -3.17. The number of thiol groups is 1. The second-order valence-corrected chi connectivity index (χ2v) is 6.49. The number of hydrogen-bond acceptors (Lipinski definition) is 1. The van der Waals surface area contributed by atoms with Crippen molar-refractivity contribution in [2.24, 2.45) is 0 Å². The Hall–Kier alpha value is -0.280. The van der Waals surface area contributed by atoms with Crippen LogP contribution in [0.5, 0.6) is 5.75 Å². The molecule has 0 radical (unpaired) electrons. The van der Waals surface area contributed by atoms with E-state index in [0.717, 1.165) is 0 Å². The van der Waals surface area contributed by atoms with Crippen molar-refractivity contribution >= 4 is 17.7 Å². The highest BCUT2D eigenvalue weighted by molar-refractivity contribution is 8.16. The summed E-state index contributed by atoms with van der Waals surface area (Å²) < 4.78 is 4.96. The fraction of sp³-hybridized carbons (Fsp3) is 0.143. The lowest BCUT2D eigenvalue weighted by atomic mass is 10.3. The predicted octanol–water partition coefficient (Wildman–Crippen LogP) is 1.17. The van der Waals surface area contributed by atoms with Crippen LogP contribution < -0.4 is 4.52 Å². The quantitative estimate of drug-likeness (QED) is 0.503. The van der Waals surface area contributed by atoms with E-state index in [0.29, 0.717) is 16.7 Å². The third kappa shape index (κ3) is 2.99. The van der Waals surface area contributed by atoms with Gasteiger partial charge in [-0.15, -0.1) is 10.9 Å². The van der Waals surface area contributed by atoms with Crippen molar-refractivity contribution in [2.75, 3.05) is 6.26 Å². The summed E-state index contributed by atoms with van der Waals surface area (Å²) in [6, 6.07) is 8.77. The Kier molecular flexibility index (Phi) is 3.35. The maximum Gasteiger partial charge on any atom is 0.329 e. The van der Waals surface area contributed by atoms with Crippen molar-refractivity contribution in [3.63, 3.8) is 0 Å². The molecule has 1 rings (SSSR count). The molecule has 2 N–H and O–H groups in total. The van der Waals surface area contributed by atoms with Crippen molar-refractivity contribution in [3.05, 3.63) is 30.3 Å². The maximum absolute atomic E-state index is 9.21. The van der Waals surface area contributed by atoms with Crippen LogP contribution in [0.1, 0.15) is 0 Å². The van der Waals surface area contributed by atoms with Crippen LogP contribution >= 0.6 is 6.72 Å². The van der Waals surface area contributed by atoms with E-state index in [1.807, 2.05) is 6.07 Å². The van der Waals surface area contributed by atoms with Crippen molar-refractivity contribution < 1.29 is 14.3 Å². The molecule has 1 aromatic carbocycles. The zero-order valence-corrected chi connectivity index (χ0v) is 8.37. The Morgan fingerprint density at radius 3 is 2.33 bits per heavy atom. The lowest BCUT2D eigenvalue weighted by molar-refractivity contribution is 0.370. The minimum Gasteiger partial charge on any atom is -0.428 e. The van der Waals surface area contributed by atoms with Crippen LogP contribution in [-0.2, 0) is 10.9 Å². The van der Waals surface area contributed by atoms with Gasteiger partial charge >= 0.3 is 6.72 Å². The molecule has 0 aliphatic carbocycles. The summed E-state index contributed by atoms with van der Waals surface area (Å²) in [5.41, 5.74) is 0. The van der Waals surface area contributed by atoms with Gasteiger partial charge in [0, 0.05) is 0 Å². The van der Waals surface area contributed by atoms with Crippen LogP contribution in [0.2, 0.25) is 0 Å². The second kappa shape index (κ2) is 4.10. The summed E-state index contributed by atoms with van der Waals surface area (Å²) in [6.45, 7) is -3.17. The highest BCUT2D eigenvalue weighted by atomic mass is 32.5. The first-order chi connectivity index (χ1) is 5.64. The van der Waals surface area contributed by atoms with E-state index < -0.39 is 6.72 Å². The van der Waals surface area contributed by atoms with Crippen molar-refractivity contribution in [2.45, 2.75) is 0 Å². The van der Waals surface area contributed by atoms with Crippen LogP contribution in [-0.4, -0.2) is 16.0 Å². The lowest BCUT2D eigenvalue weighted by Gasteiger charge is -2.12. The molecule has 0 atom stereocenters. The molecule has 0 saturated carbocycles. The van der Waals surface area contributed by atoms with Gasteiger partial charge in [0.25, 0.3) is 0 Å². The maximum atomic E-state index is 9.21. The van der Waals surface area contributed by atoms with Gasteiger partial charge in [0.15, 0.2) is 0 Å². The lowest BCUT2D eigenvalue weighted by Crippen LogP contribution is -1.91. The third-order valence-corrected chi connectivity index (χ3v) is 4.02. The second-order valence-electron chi connectivity index (χ2n) is 2.12. The van der Waals surface area contributed by atoms with Gasteiger partial charge in [-0.2, -0.15) is 0 Å². The average Bonchev–Trinajstić information content (AvgIpc) is 2.06. The first-order valence-corrected chi connectivity index (χ1v) is 7.00. The number of hydrogen-bond donors (Lipinski definition) is 3. The largest absolute Gasteiger partial charge is 0.428 e. The highest BCUT2D eigenvalue weighted by Crippen LogP contribution is 2.39. The predicted molar refractivity (Wildman–Crippen MR) is 53.1 cm³/mol. The average molecular weight is 206 g/mol. The van der Waals surface area contributed by atoms with Gasteiger partial charge in [-0.3, -0.25) is 0 Å². The molecule has 0 bridgehead atoms. The van der Waals surface area contributed by atoms with E-state index in [9.17, 15) is 9.79 Å². The van der Waals surface area contributed by atoms with Crippen molar-refractivity contribution in [1.29, 1.82) is 0 Å². The van der Waals surface area contributed by atoms with Gasteiger partial charge in [-0.1, -0.05) is 18.2 Å². The number of benzene rings is 1. The summed E-state index contributed by atoms with van der Waals surface area (Å²) in [5.74, 6) is 0.491. The van der Waals surface area contributed by atoms with Crippen LogP contribution in [0.15, 0.2) is 30.3 Å². The van der Waals surface area contributed by atoms with Crippen LogP contribution in [0.4, 0.5) is 0 Å². The Labute approximate surface area is 74.8 Å². The molecule has 0 aliphatic heterocycles. The molecule has 0 aliphatic rings. The first kappa shape index (κ1) is 9.81. The highest BCUT2D eigenvalue weighted by Gasteiger charge is 2.08. The minimum absolute atomic E-state index is 0.466. The van der Waals surface area contributed by atoms with Crippen LogP contribution in [0.3, 0.4) is 0 Å². The van der Waals surface area contributed by atoms with E-state index in [1.54, 1.807) is 30.5 Å². The Morgan fingerprint density at radius 2 is 1.83 bits per heavy atom. The molecule has 0 amide bonds. The Bertz CT molecular complexity index is 293. The molecule has 1 aromatic rings. The fourth-order valence-electron chi connectivity index (χ4n) is 0.664. The van der Waals surface area contributed by atoms with E-state index in [1.165, 1.54) is 0 Å². The fourth-order valence-corrected chi connectivity index (χ4v) is 1.68. The summed E-state index contributed by atoms with van der Waals surface area (Å²) >= 11 is 0. The summed E-state index contributed by atoms with van der Waals surface area (Å²) in [4.78, 5) is 18.4. The topological polar surface area (TPSA) is 49.7 Å². The van der Waals surface area contributed by atoms with Gasteiger partial charge in [0.2, 0.25) is 0 Å². The van der Waals surface area contributed by atoms with Crippen LogP contribution in [0, 0.1) is 0 Å². The normalized spacial score (nSPS) is 11.2. The van der Waals surface area contributed by atoms with Crippen molar-refractivity contribution in [1.82, 2.24) is 0 Å². The number of para-hydroxylation sites is 1. The van der Waals surface area contributed by atoms with Crippen LogP contribution in [0.25, 0.3) is 0 Å². The molecule has 0 heterocycles. The van der Waals surface area contributed by atoms with E-state index in [4.69, 9.17) is 4.52 Å². The summed E-state index contributed by atoms with van der Waals surface area (Å²) in [6.07, 6.45) is 1.65. The molecular formula is C7H11O3PS. The molecule has 3 nitrogen and oxygen atoms in total. The molecule has 68 valence electrons. The molecule has 0 aromatic heterocycles. The monoisotopic (exact) mass is 206 g/mol.